The Labute approximate surface area is 551 Å². The van der Waals surface area contributed by atoms with Crippen LogP contribution in [-0.4, -0.2) is 140 Å². The Morgan fingerprint density at radius 2 is 0.911 bits per heavy atom. The fourth-order valence-corrected chi connectivity index (χ4v) is 6.62. The Bertz CT molecular complexity index is 2050. The summed E-state index contributed by atoms with van der Waals surface area (Å²) in [5.41, 5.74) is 2.93. The Morgan fingerprint density at radius 3 is 1.29 bits per heavy atom. The first-order valence-electron chi connectivity index (χ1n) is 33.8. The molecule has 1 saturated carbocycles. The Kier molecular flexibility index (Phi) is 67.7. The van der Waals surface area contributed by atoms with Crippen LogP contribution in [-0.2, 0) is 81.3 Å². The minimum Gasteiger partial charge on any atom is -0.463 e. The first-order chi connectivity index (χ1) is 42.1. The van der Waals surface area contributed by atoms with Crippen LogP contribution in [0.4, 0.5) is 0 Å². The van der Waals surface area contributed by atoms with E-state index in [1.165, 1.54) is 47.3 Å². The largest absolute Gasteiger partial charge is 0.463 e. The van der Waals surface area contributed by atoms with E-state index in [0.29, 0.717) is 24.9 Å². The van der Waals surface area contributed by atoms with Gasteiger partial charge in [-0.25, -0.2) is 0 Å². The molecule has 0 aliphatic heterocycles. The quantitative estimate of drug-likeness (QED) is 0.0466. The van der Waals surface area contributed by atoms with Gasteiger partial charge >= 0.3 is 23.9 Å². The molecule has 0 N–H and O–H groups in total. The van der Waals surface area contributed by atoms with Crippen LogP contribution in [0.3, 0.4) is 0 Å². The molecule has 0 radical (unpaired) electrons. The summed E-state index contributed by atoms with van der Waals surface area (Å²) in [6, 6.07) is 16.6. The molecule has 1 fully saturated rings. The molecule has 1 aliphatic carbocycles. The molecule has 3 amide bonds. The summed E-state index contributed by atoms with van der Waals surface area (Å²) in [7, 11) is 4.06. The van der Waals surface area contributed by atoms with Gasteiger partial charge in [0.25, 0.3) is 11.8 Å². The van der Waals surface area contributed by atoms with E-state index in [1.807, 2.05) is 124 Å². The van der Waals surface area contributed by atoms with Crippen LogP contribution in [0.1, 0.15) is 249 Å². The molecule has 90 heavy (non-hydrogen) atoms. The number of aryl methyl sites for hydroxylation is 1. The number of Topliss-reactive ketones (excluding diaryl/α,β-unsaturated/α-hetero) is 1. The Balaban J connectivity index is -0.000000283. The highest BCUT2D eigenvalue weighted by atomic mass is 16.6. The van der Waals surface area contributed by atoms with Crippen LogP contribution >= 0.6 is 0 Å². The van der Waals surface area contributed by atoms with E-state index in [2.05, 4.69) is 96.9 Å². The van der Waals surface area contributed by atoms with E-state index in [-0.39, 0.29) is 43.2 Å². The van der Waals surface area contributed by atoms with Gasteiger partial charge in [-0.2, -0.15) is 0 Å². The van der Waals surface area contributed by atoms with Crippen LogP contribution in [0, 0.1) is 29.6 Å². The standard InChI is InChI=1S/C38H51N3O10.C8H16O.C6H12O2.4C4H10.3C2H6/c1-8-15-29-18-13-14-19-30(29)21-32(51-33(43)22-39(5)25-42)38(48)41(7)23-34(44)49-27(4)37(47)40(6)24-35(45)50-31(36(46)26(3)9-2)20-28-16-11-10-12-17-28;1-3-7-9-8(4-2)5-6-8;1-4-6(7)8-5(2)3;4*1-4(2)3;3*1-2/h10-14,16-19,25-27,31-32H,8-9,15,20-24H2,1-7H3;3-7H2,1-2H3;5H,4H2,1-3H3;4*4H,1-3H3;3*1-2H3. The fourth-order valence-electron chi connectivity index (χ4n) is 6.62. The molecule has 0 bridgehead atoms. The number of benzene rings is 2. The van der Waals surface area contributed by atoms with Gasteiger partial charge in [0.05, 0.1) is 11.7 Å². The van der Waals surface area contributed by atoms with Crippen molar-refractivity contribution in [2.45, 2.75) is 281 Å². The molecule has 0 heterocycles. The van der Waals surface area contributed by atoms with Crippen LogP contribution in [0.5, 0.6) is 0 Å². The lowest BCUT2D eigenvalue weighted by molar-refractivity contribution is -0.166. The molecule has 0 aromatic heterocycles. The van der Waals surface area contributed by atoms with Crippen LogP contribution < -0.4 is 0 Å². The van der Waals surface area contributed by atoms with E-state index >= 15 is 0 Å². The van der Waals surface area contributed by atoms with Crippen molar-refractivity contribution in [1.82, 2.24) is 14.7 Å². The third-order valence-corrected chi connectivity index (χ3v) is 11.0. The first-order valence-corrected chi connectivity index (χ1v) is 33.8. The second-order valence-electron chi connectivity index (χ2n) is 24.3. The molecule has 0 saturated heterocycles. The summed E-state index contributed by atoms with van der Waals surface area (Å²) in [4.78, 5) is 102. The van der Waals surface area contributed by atoms with Crippen molar-refractivity contribution in [3.05, 3.63) is 71.3 Å². The summed E-state index contributed by atoms with van der Waals surface area (Å²) in [6.45, 7) is 54.3. The second kappa shape index (κ2) is 62.2. The van der Waals surface area contributed by atoms with Crippen molar-refractivity contribution in [3.63, 3.8) is 0 Å². The van der Waals surface area contributed by atoms with Gasteiger partial charge in [-0.15, -0.1) is 0 Å². The molecule has 526 valence electrons. The molecule has 2 aromatic rings. The highest BCUT2D eigenvalue weighted by Gasteiger charge is 2.41. The lowest BCUT2D eigenvalue weighted by Gasteiger charge is -2.26. The maximum absolute atomic E-state index is 13.5. The Hall–Kier alpha value is -5.64. The number of hydrogen-bond donors (Lipinski definition) is 0. The first kappa shape index (κ1) is 98.0. The molecule has 4 unspecified atom stereocenters. The van der Waals surface area contributed by atoms with E-state index < -0.39 is 61.1 Å². The minimum atomic E-state index is -1.32. The van der Waals surface area contributed by atoms with Gasteiger partial charge in [0, 0.05) is 52.9 Å². The van der Waals surface area contributed by atoms with E-state index in [9.17, 15) is 38.4 Å². The molecule has 0 spiro atoms. The smallest absolute Gasteiger partial charge is 0.326 e. The van der Waals surface area contributed by atoms with Crippen molar-refractivity contribution in [2.24, 2.45) is 29.6 Å². The average Bonchev–Trinajstić information content (AvgIpc) is 3.54. The van der Waals surface area contributed by atoms with Crippen LogP contribution in [0.25, 0.3) is 0 Å². The van der Waals surface area contributed by atoms with Gasteiger partial charge in [0.15, 0.2) is 24.1 Å². The number of ketones is 1. The number of ether oxygens (including phenoxy) is 5. The topological polar surface area (TPSA) is 192 Å². The maximum Gasteiger partial charge on any atom is 0.326 e. The zero-order valence-corrected chi connectivity index (χ0v) is 63.0. The number of carbonyl (C=O) groups is 8. The van der Waals surface area contributed by atoms with Gasteiger partial charge < -0.3 is 38.4 Å². The zero-order chi connectivity index (χ0) is 71.7. The third kappa shape index (κ3) is 60.0. The van der Waals surface area contributed by atoms with Crippen molar-refractivity contribution >= 4 is 47.9 Å². The van der Waals surface area contributed by atoms with Crippen molar-refractivity contribution in [2.75, 3.05) is 47.4 Å². The fraction of sp³-hybridized carbons (Fsp3) is 0.730. The molecule has 4 atom stereocenters. The van der Waals surface area contributed by atoms with Gasteiger partial charge in [0.1, 0.15) is 19.6 Å². The third-order valence-electron chi connectivity index (χ3n) is 11.0. The molecule has 16 nitrogen and oxygen atoms in total. The molecular formula is C74H137N3O13. The summed E-state index contributed by atoms with van der Waals surface area (Å²) in [5, 5.41) is 0. The summed E-state index contributed by atoms with van der Waals surface area (Å²) < 4.78 is 26.7. The van der Waals surface area contributed by atoms with Crippen molar-refractivity contribution < 1.29 is 62.0 Å². The van der Waals surface area contributed by atoms with Gasteiger partial charge in [0.2, 0.25) is 6.41 Å². The van der Waals surface area contributed by atoms with E-state index in [1.54, 1.807) is 13.8 Å². The SMILES string of the molecule is CC.CC.CC.CC(C)C.CC(C)C.CC(C)C.CC(C)C.CCC(=O)OC(C)C.CCCOC1(CC)CC1.CCCc1ccccc1CC(OC(=O)CN(C)C=O)C(=O)N(C)CC(=O)OC(C)C(=O)N(C)CC(=O)OC(Cc1ccccc1)C(=O)C(C)CC. The molecular weight excluding hydrogens is 1140 g/mol. The number of carbonyl (C=O) groups excluding carboxylic acids is 8. The second-order valence-corrected chi connectivity index (χ2v) is 24.3. The number of nitrogens with zero attached hydrogens (tertiary/aromatic N) is 3. The predicted molar refractivity (Wildman–Crippen MR) is 374 cm³/mol. The van der Waals surface area contributed by atoms with E-state index in [0.717, 1.165) is 80.9 Å². The minimum absolute atomic E-state index is 0.0300. The number of rotatable bonds is 27. The zero-order valence-electron chi connectivity index (χ0n) is 63.0. The van der Waals surface area contributed by atoms with Crippen LogP contribution in [0.2, 0.25) is 0 Å². The van der Waals surface area contributed by atoms with E-state index in [4.69, 9.17) is 23.7 Å². The maximum atomic E-state index is 13.5. The van der Waals surface area contributed by atoms with Gasteiger partial charge in [-0.1, -0.05) is 227 Å². The monoisotopic (exact) mass is 1280 g/mol. The lowest BCUT2D eigenvalue weighted by Crippen LogP contribution is -2.46. The average molecular weight is 1280 g/mol. The van der Waals surface area contributed by atoms with Gasteiger partial charge in [-0.3, -0.25) is 38.4 Å². The summed E-state index contributed by atoms with van der Waals surface area (Å²) in [5.74, 6) is -1.26. The highest BCUT2D eigenvalue weighted by molar-refractivity contribution is 5.91. The molecule has 16 heteroatoms. The summed E-state index contributed by atoms with van der Waals surface area (Å²) in [6.07, 6.45) is 4.63. The number of hydrogen-bond acceptors (Lipinski definition) is 13. The predicted octanol–water partition coefficient (Wildman–Crippen LogP) is 16.2. The molecule has 2 aromatic carbocycles. The number of amides is 3. The molecule has 3 rings (SSSR count). The highest BCUT2D eigenvalue weighted by Crippen LogP contribution is 2.42. The van der Waals surface area contributed by atoms with Crippen molar-refractivity contribution in [3.8, 4) is 0 Å². The van der Waals surface area contributed by atoms with Crippen molar-refractivity contribution in [1.29, 1.82) is 0 Å². The molecule has 1 aliphatic rings. The number of esters is 4. The summed E-state index contributed by atoms with van der Waals surface area (Å²) >= 11 is 0. The number of likely N-dealkylation sites (N-methyl/N-ethyl adjacent to an activating group) is 3. The Morgan fingerprint density at radius 1 is 0.500 bits per heavy atom. The van der Waals surface area contributed by atoms with Gasteiger partial charge in [-0.05, 0) is 99.7 Å². The van der Waals surface area contributed by atoms with Crippen LogP contribution in [0.15, 0.2) is 54.6 Å². The lowest BCUT2D eigenvalue weighted by atomic mass is 9.95. The normalized spacial score (nSPS) is 12.3.